The zero-order valence-corrected chi connectivity index (χ0v) is 20.9. The fourth-order valence-electron chi connectivity index (χ4n) is 4.72. The van der Waals surface area contributed by atoms with Gasteiger partial charge in [-0.25, -0.2) is 9.97 Å². The van der Waals surface area contributed by atoms with Crippen molar-refractivity contribution in [3.63, 3.8) is 0 Å². The number of nitrogens with one attached hydrogen (secondary N) is 2. The Hall–Kier alpha value is -4.29. The molecule has 2 aliphatic rings. The van der Waals surface area contributed by atoms with Crippen LogP contribution >= 0.6 is 0 Å². The molecule has 0 aromatic carbocycles. The molecule has 6 nitrogen and oxygen atoms in total. The van der Waals surface area contributed by atoms with E-state index in [4.69, 9.17) is 19.7 Å². The molecule has 4 aromatic heterocycles. The van der Waals surface area contributed by atoms with E-state index in [2.05, 4.69) is 65.4 Å². The van der Waals surface area contributed by atoms with Crippen LogP contribution in [0.15, 0.2) is 60.8 Å². The van der Waals surface area contributed by atoms with Crippen molar-refractivity contribution in [3.05, 3.63) is 89.1 Å². The van der Waals surface area contributed by atoms with Gasteiger partial charge in [-0.2, -0.15) is 0 Å². The second-order valence-corrected chi connectivity index (χ2v) is 9.27. The maximum Gasteiger partial charge on any atom is 0.0726 e. The number of unbranched alkanes of at least 4 members (excludes halogenated alkanes) is 1. The lowest BCUT2D eigenvalue weighted by Crippen LogP contribution is -2.01. The van der Waals surface area contributed by atoms with Crippen LogP contribution in [-0.2, 0) is 11.2 Å². The molecule has 0 unspecified atom stereocenters. The van der Waals surface area contributed by atoms with E-state index in [1.807, 2.05) is 36.6 Å². The Bertz CT molecular complexity index is 1640. The monoisotopic (exact) mass is 487 g/mol. The molecular formula is C31H29N5O. The van der Waals surface area contributed by atoms with Gasteiger partial charge in [-0.1, -0.05) is 19.4 Å². The van der Waals surface area contributed by atoms with Gasteiger partial charge < -0.3 is 14.7 Å². The van der Waals surface area contributed by atoms with Gasteiger partial charge in [0.25, 0.3) is 0 Å². The summed E-state index contributed by atoms with van der Waals surface area (Å²) in [7, 11) is 0. The summed E-state index contributed by atoms with van der Waals surface area (Å²) < 4.78 is 5.98. The number of pyridine rings is 1. The molecule has 2 N–H and O–H groups in total. The van der Waals surface area contributed by atoms with E-state index >= 15 is 0 Å². The number of rotatable bonds is 7. The molecule has 4 aromatic rings. The third kappa shape index (κ3) is 5.15. The summed E-state index contributed by atoms with van der Waals surface area (Å²) in [5, 5.41) is 0. The highest BCUT2D eigenvalue weighted by molar-refractivity contribution is 5.90. The molecule has 6 rings (SSSR count). The highest BCUT2D eigenvalue weighted by Gasteiger charge is 2.15. The second-order valence-electron chi connectivity index (χ2n) is 9.27. The first-order valence-electron chi connectivity index (χ1n) is 12.8. The molecule has 0 aliphatic carbocycles. The summed E-state index contributed by atoms with van der Waals surface area (Å²) in [5.74, 6) is 0. The first-order valence-corrected chi connectivity index (χ1v) is 12.8. The molecular weight excluding hydrogens is 458 g/mol. The molecule has 0 fully saturated rings. The number of aromatic amines is 2. The van der Waals surface area contributed by atoms with Crippen molar-refractivity contribution in [1.29, 1.82) is 0 Å². The standard InChI is InChI=1S/C31H29N5O/c1-2-3-15-37-16-13-27-29-19-25-11-9-23(34-25)17-21-7-8-22(33-21)18-24-10-12-26(35-24)20-30(36-29)31(27)28-6-4-5-14-32-28/h4-12,14,17-20,33,36H,2-3,13,15-16H2,1H3. The zero-order chi connectivity index (χ0) is 25.0. The maximum absolute atomic E-state index is 5.98. The Labute approximate surface area is 215 Å². The molecule has 0 amide bonds. The summed E-state index contributed by atoms with van der Waals surface area (Å²) in [6, 6.07) is 18.5. The van der Waals surface area contributed by atoms with Crippen LogP contribution in [0.25, 0.3) is 57.6 Å². The summed E-state index contributed by atoms with van der Waals surface area (Å²) in [6.45, 7) is 3.60. The van der Waals surface area contributed by atoms with E-state index in [9.17, 15) is 0 Å². The van der Waals surface area contributed by atoms with E-state index in [0.29, 0.717) is 6.61 Å². The fraction of sp³-hybridized carbons (Fsp3) is 0.194. The molecule has 0 saturated carbocycles. The van der Waals surface area contributed by atoms with Crippen LogP contribution in [-0.4, -0.2) is 38.1 Å². The predicted octanol–water partition coefficient (Wildman–Crippen LogP) is 7.08. The summed E-state index contributed by atoms with van der Waals surface area (Å²) in [5.41, 5.74) is 10.8. The minimum absolute atomic E-state index is 0.647. The van der Waals surface area contributed by atoms with E-state index in [-0.39, 0.29) is 0 Å². The Balaban J connectivity index is 1.60. The van der Waals surface area contributed by atoms with Gasteiger partial charge in [0.1, 0.15) is 0 Å². The highest BCUT2D eigenvalue weighted by atomic mass is 16.5. The largest absolute Gasteiger partial charge is 0.381 e. The quantitative estimate of drug-likeness (QED) is 0.236. The molecule has 0 atom stereocenters. The number of ether oxygens (including phenoxy) is 1. The number of H-pyrrole nitrogens is 2. The molecule has 0 radical (unpaired) electrons. The molecule has 184 valence electrons. The normalized spacial score (nSPS) is 12.4. The van der Waals surface area contributed by atoms with Crippen molar-refractivity contribution in [2.24, 2.45) is 0 Å². The van der Waals surface area contributed by atoms with Gasteiger partial charge in [-0.3, -0.25) is 4.98 Å². The number of nitrogens with zero attached hydrogens (tertiary/aromatic N) is 3. The third-order valence-electron chi connectivity index (χ3n) is 6.51. The lowest BCUT2D eigenvalue weighted by Gasteiger charge is -2.06. The van der Waals surface area contributed by atoms with Gasteiger partial charge in [0.05, 0.1) is 40.6 Å². The molecule has 6 heterocycles. The minimum Gasteiger partial charge on any atom is -0.381 e. The van der Waals surface area contributed by atoms with Gasteiger partial charge in [0.2, 0.25) is 0 Å². The second kappa shape index (κ2) is 10.4. The van der Waals surface area contributed by atoms with Gasteiger partial charge >= 0.3 is 0 Å². The van der Waals surface area contributed by atoms with Gasteiger partial charge in [-0.05, 0) is 91.2 Å². The summed E-state index contributed by atoms with van der Waals surface area (Å²) in [6.07, 6.45) is 13.0. The van der Waals surface area contributed by atoms with Crippen LogP contribution in [0.1, 0.15) is 48.1 Å². The van der Waals surface area contributed by atoms with Gasteiger partial charge in [0.15, 0.2) is 0 Å². The van der Waals surface area contributed by atoms with E-state index in [1.165, 1.54) is 5.56 Å². The lowest BCUT2D eigenvalue weighted by molar-refractivity contribution is 0.134. The van der Waals surface area contributed by atoms with Gasteiger partial charge in [0, 0.05) is 34.9 Å². The van der Waals surface area contributed by atoms with Crippen molar-refractivity contribution < 1.29 is 4.74 Å². The smallest absolute Gasteiger partial charge is 0.0726 e. The fourth-order valence-corrected chi connectivity index (χ4v) is 4.72. The Morgan fingerprint density at radius 3 is 2.05 bits per heavy atom. The van der Waals surface area contributed by atoms with E-state index in [1.54, 1.807) is 0 Å². The first-order chi connectivity index (χ1) is 18.2. The number of aromatic nitrogens is 5. The van der Waals surface area contributed by atoms with Crippen molar-refractivity contribution in [1.82, 2.24) is 24.9 Å². The number of hydrogen-bond donors (Lipinski definition) is 2. The molecule has 6 heteroatoms. The highest BCUT2D eigenvalue weighted by Crippen LogP contribution is 2.32. The Kier molecular flexibility index (Phi) is 6.48. The van der Waals surface area contributed by atoms with Crippen LogP contribution in [0.3, 0.4) is 0 Å². The average molecular weight is 488 g/mol. The first kappa shape index (κ1) is 23.1. The van der Waals surface area contributed by atoms with Crippen molar-refractivity contribution in [2.45, 2.75) is 26.2 Å². The topological polar surface area (TPSA) is 79.5 Å². The number of fused-ring (bicyclic) bond motifs is 8. The van der Waals surface area contributed by atoms with E-state index in [0.717, 1.165) is 82.0 Å². The average Bonchev–Trinajstić information content (AvgIpc) is 3.70. The lowest BCUT2D eigenvalue weighted by atomic mass is 10.0. The Morgan fingerprint density at radius 2 is 1.41 bits per heavy atom. The summed E-state index contributed by atoms with van der Waals surface area (Å²) in [4.78, 5) is 21.5. The minimum atomic E-state index is 0.647. The SMILES string of the molecule is CCCCOCCc1c(-c2ccccn2)c2cc3nc(cc4ccc(cc5nc(cc1[nH]2)C=C5)[nH]4)C=C3. The van der Waals surface area contributed by atoms with Gasteiger partial charge in [-0.15, -0.1) is 0 Å². The van der Waals surface area contributed by atoms with Crippen LogP contribution in [0.5, 0.6) is 0 Å². The molecule has 0 saturated heterocycles. The number of hydrogen-bond acceptors (Lipinski definition) is 4. The maximum atomic E-state index is 5.98. The zero-order valence-electron chi connectivity index (χ0n) is 20.9. The summed E-state index contributed by atoms with van der Waals surface area (Å²) >= 11 is 0. The molecule has 2 aliphatic heterocycles. The molecule has 0 spiro atoms. The van der Waals surface area contributed by atoms with Crippen LogP contribution in [0.2, 0.25) is 0 Å². The molecule has 37 heavy (non-hydrogen) atoms. The van der Waals surface area contributed by atoms with Crippen molar-refractivity contribution in [2.75, 3.05) is 13.2 Å². The molecule has 8 bridgehead atoms. The van der Waals surface area contributed by atoms with Crippen molar-refractivity contribution >= 4 is 46.4 Å². The third-order valence-corrected chi connectivity index (χ3v) is 6.51. The van der Waals surface area contributed by atoms with Crippen LogP contribution < -0.4 is 0 Å². The van der Waals surface area contributed by atoms with E-state index < -0.39 is 0 Å². The predicted molar refractivity (Wildman–Crippen MR) is 152 cm³/mol. The van der Waals surface area contributed by atoms with Crippen LogP contribution in [0.4, 0.5) is 0 Å². The Morgan fingerprint density at radius 1 is 0.730 bits per heavy atom. The van der Waals surface area contributed by atoms with Crippen molar-refractivity contribution in [3.8, 4) is 11.3 Å². The van der Waals surface area contributed by atoms with Crippen LogP contribution in [0, 0.1) is 0 Å².